The molecule has 0 aliphatic rings. The van der Waals surface area contributed by atoms with Gasteiger partial charge in [-0.1, -0.05) is 12.1 Å². The SMILES string of the molecule is Cc1nc(N)ncc1Nc1ccc(CCN)cc1. The van der Waals surface area contributed by atoms with Crippen LogP contribution in [0.4, 0.5) is 17.3 Å². The van der Waals surface area contributed by atoms with Crippen molar-refractivity contribution >= 4 is 17.3 Å². The van der Waals surface area contributed by atoms with E-state index in [2.05, 4.69) is 27.4 Å². The molecule has 0 bridgehead atoms. The molecule has 2 rings (SSSR count). The highest BCUT2D eigenvalue weighted by Crippen LogP contribution is 2.19. The van der Waals surface area contributed by atoms with Crippen molar-refractivity contribution in [1.82, 2.24) is 9.97 Å². The molecule has 18 heavy (non-hydrogen) atoms. The minimum Gasteiger partial charge on any atom is -0.368 e. The van der Waals surface area contributed by atoms with Gasteiger partial charge in [-0.3, -0.25) is 0 Å². The van der Waals surface area contributed by atoms with Gasteiger partial charge in [-0.15, -0.1) is 0 Å². The highest BCUT2D eigenvalue weighted by Gasteiger charge is 2.01. The van der Waals surface area contributed by atoms with Gasteiger partial charge in [0, 0.05) is 5.69 Å². The predicted octanol–water partition coefficient (Wildman–Crippen LogP) is 1.61. The van der Waals surface area contributed by atoms with Crippen LogP contribution in [-0.4, -0.2) is 16.5 Å². The molecule has 94 valence electrons. The van der Waals surface area contributed by atoms with Crippen molar-refractivity contribution in [2.24, 2.45) is 5.73 Å². The Morgan fingerprint density at radius 3 is 2.56 bits per heavy atom. The van der Waals surface area contributed by atoms with Crippen molar-refractivity contribution in [3.63, 3.8) is 0 Å². The van der Waals surface area contributed by atoms with Gasteiger partial charge in [-0.2, -0.15) is 0 Å². The van der Waals surface area contributed by atoms with Gasteiger partial charge in [0.2, 0.25) is 5.95 Å². The summed E-state index contributed by atoms with van der Waals surface area (Å²) in [6.45, 7) is 2.56. The van der Waals surface area contributed by atoms with Crippen LogP contribution in [0.15, 0.2) is 30.5 Å². The molecule has 0 fully saturated rings. The first-order chi connectivity index (χ1) is 8.69. The lowest BCUT2D eigenvalue weighted by Crippen LogP contribution is -2.03. The van der Waals surface area contributed by atoms with Crippen LogP contribution >= 0.6 is 0 Å². The topological polar surface area (TPSA) is 89.8 Å². The second-order valence-electron chi connectivity index (χ2n) is 4.09. The summed E-state index contributed by atoms with van der Waals surface area (Å²) < 4.78 is 0. The highest BCUT2D eigenvalue weighted by atomic mass is 15.0. The van der Waals surface area contributed by atoms with Crippen LogP contribution < -0.4 is 16.8 Å². The van der Waals surface area contributed by atoms with E-state index in [1.54, 1.807) is 6.20 Å². The number of nitrogen functional groups attached to an aromatic ring is 1. The van der Waals surface area contributed by atoms with E-state index >= 15 is 0 Å². The number of hydrogen-bond donors (Lipinski definition) is 3. The van der Waals surface area contributed by atoms with E-state index < -0.39 is 0 Å². The summed E-state index contributed by atoms with van der Waals surface area (Å²) in [5, 5.41) is 3.26. The monoisotopic (exact) mass is 243 g/mol. The summed E-state index contributed by atoms with van der Waals surface area (Å²) in [6, 6.07) is 8.15. The zero-order chi connectivity index (χ0) is 13.0. The molecule has 0 spiro atoms. The van der Waals surface area contributed by atoms with Crippen LogP contribution in [0.25, 0.3) is 0 Å². The Labute approximate surface area is 106 Å². The lowest BCUT2D eigenvalue weighted by molar-refractivity contribution is 0.969. The van der Waals surface area contributed by atoms with Gasteiger partial charge in [0.25, 0.3) is 0 Å². The molecule has 5 N–H and O–H groups in total. The van der Waals surface area contributed by atoms with E-state index in [1.807, 2.05) is 19.1 Å². The van der Waals surface area contributed by atoms with Crippen molar-refractivity contribution in [2.45, 2.75) is 13.3 Å². The predicted molar refractivity (Wildman–Crippen MR) is 73.7 cm³/mol. The number of benzene rings is 1. The van der Waals surface area contributed by atoms with Gasteiger partial charge in [0.1, 0.15) is 0 Å². The average molecular weight is 243 g/mol. The van der Waals surface area contributed by atoms with Gasteiger partial charge >= 0.3 is 0 Å². The molecule has 0 saturated carbocycles. The van der Waals surface area contributed by atoms with Gasteiger partial charge in [0.05, 0.1) is 17.6 Å². The lowest BCUT2D eigenvalue weighted by atomic mass is 10.1. The number of nitrogens with zero attached hydrogens (tertiary/aromatic N) is 2. The molecule has 0 amide bonds. The molecule has 0 unspecified atom stereocenters. The Morgan fingerprint density at radius 1 is 1.22 bits per heavy atom. The van der Waals surface area contributed by atoms with Crippen LogP contribution in [-0.2, 0) is 6.42 Å². The third-order valence-corrected chi connectivity index (χ3v) is 2.66. The summed E-state index contributed by atoms with van der Waals surface area (Å²) in [7, 11) is 0. The Bertz CT molecular complexity index is 521. The van der Waals surface area contributed by atoms with Crippen molar-refractivity contribution in [1.29, 1.82) is 0 Å². The third-order valence-electron chi connectivity index (χ3n) is 2.66. The maximum Gasteiger partial charge on any atom is 0.220 e. The summed E-state index contributed by atoms with van der Waals surface area (Å²) in [5.41, 5.74) is 14.9. The first kappa shape index (κ1) is 12.3. The minimum atomic E-state index is 0.288. The van der Waals surface area contributed by atoms with Gasteiger partial charge in [-0.05, 0) is 37.6 Å². The van der Waals surface area contributed by atoms with Gasteiger partial charge in [0.15, 0.2) is 0 Å². The second kappa shape index (κ2) is 5.46. The van der Waals surface area contributed by atoms with Gasteiger partial charge < -0.3 is 16.8 Å². The number of hydrogen-bond acceptors (Lipinski definition) is 5. The van der Waals surface area contributed by atoms with Crippen molar-refractivity contribution in [2.75, 3.05) is 17.6 Å². The van der Waals surface area contributed by atoms with E-state index in [-0.39, 0.29) is 5.95 Å². The normalized spacial score (nSPS) is 10.3. The molecule has 0 saturated heterocycles. The Hall–Kier alpha value is -2.14. The lowest BCUT2D eigenvalue weighted by Gasteiger charge is -2.09. The number of aryl methyl sites for hydroxylation is 1. The molecule has 5 heteroatoms. The van der Waals surface area contributed by atoms with Crippen molar-refractivity contribution in [3.05, 3.63) is 41.7 Å². The maximum absolute atomic E-state index is 5.51. The number of nitrogens with two attached hydrogens (primary N) is 2. The van der Waals surface area contributed by atoms with Crippen LogP contribution in [0.2, 0.25) is 0 Å². The maximum atomic E-state index is 5.51. The Morgan fingerprint density at radius 2 is 1.94 bits per heavy atom. The number of aromatic nitrogens is 2. The molecular formula is C13H17N5. The molecule has 1 aromatic carbocycles. The van der Waals surface area contributed by atoms with E-state index in [4.69, 9.17) is 11.5 Å². The Kier molecular flexibility index (Phi) is 3.74. The number of rotatable bonds is 4. The average Bonchev–Trinajstić information content (AvgIpc) is 2.35. The fraction of sp³-hybridized carbons (Fsp3) is 0.231. The summed E-state index contributed by atoms with van der Waals surface area (Å²) in [5.74, 6) is 0.288. The Balaban J connectivity index is 2.13. The molecule has 5 nitrogen and oxygen atoms in total. The van der Waals surface area contributed by atoms with Gasteiger partial charge in [-0.25, -0.2) is 9.97 Å². The van der Waals surface area contributed by atoms with Crippen molar-refractivity contribution < 1.29 is 0 Å². The fourth-order valence-electron chi connectivity index (χ4n) is 1.68. The van der Waals surface area contributed by atoms with E-state index in [9.17, 15) is 0 Å². The molecule has 0 aliphatic heterocycles. The molecule has 2 aromatic rings. The van der Waals surface area contributed by atoms with E-state index in [1.165, 1.54) is 5.56 Å². The highest BCUT2D eigenvalue weighted by molar-refractivity contribution is 5.61. The van der Waals surface area contributed by atoms with Crippen LogP contribution in [0.3, 0.4) is 0 Å². The molecule has 0 aliphatic carbocycles. The van der Waals surface area contributed by atoms with Crippen molar-refractivity contribution in [3.8, 4) is 0 Å². The number of nitrogens with one attached hydrogen (secondary N) is 1. The molecule has 1 aromatic heterocycles. The third kappa shape index (κ3) is 2.95. The number of anilines is 3. The zero-order valence-corrected chi connectivity index (χ0v) is 10.4. The molecule has 0 radical (unpaired) electrons. The first-order valence-electron chi connectivity index (χ1n) is 5.84. The van der Waals surface area contributed by atoms with E-state index in [0.717, 1.165) is 23.5 Å². The van der Waals surface area contributed by atoms with Crippen LogP contribution in [0, 0.1) is 6.92 Å². The minimum absolute atomic E-state index is 0.288. The van der Waals surface area contributed by atoms with E-state index in [0.29, 0.717) is 6.54 Å². The second-order valence-corrected chi connectivity index (χ2v) is 4.09. The summed E-state index contributed by atoms with van der Waals surface area (Å²) in [6.07, 6.45) is 2.58. The molecular weight excluding hydrogens is 226 g/mol. The first-order valence-corrected chi connectivity index (χ1v) is 5.84. The van der Waals surface area contributed by atoms with Crippen LogP contribution in [0.1, 0.15) is 11.3 Å². The standard InChI is InChI=1S/C13H17N5/c1-9-12(8-16-13(15)17-9)18-11-4-2-10(3-5-11)6-7-14/h2-5,8,18H,6-7,14H2,1H3,(H2,15,16,17). The fourth-order valence-corrected chi connectivity index (χ4v) is 1.68. The molecule has 0 atom stereocenters. The smallest absolute Gasteiger partial charge is 0.220 e. The van der Waals surface area contributed by atoms with Crippen LogP contribution in [0.5, 0.6) is 0 Å². The quantitative estimate of drug-likeness (QED) is 0.759. The summed E-state index contributed by atoms with van der Waals surface area (Å²) >= 11 is 0. The summed E-state index contributed by atoms with van der Waals surface area (Å²) in [4.78, 5) is 8.08. The molecule has 1 heterocycles. The largest absolute Gasteiger partial charge is 0.368 e. The zero-order valence-electron chi connectivity index (χ0n) is 10.4.